The minimum Gasteiger partial charge on any atom is -0.461 e. The van der Waals surface area contributed by atoms with Gasteiger partial charge in [0, 0.05) is 19.5 Å². The van der Waals surface area contributed by atoms with Crippen LogP contribution in [-0.2, 0) is 36.6 Å². The van der Waals surface area contributed by atoms with Gasteiger partial charge >= 0.3 is 12.1 Å². The summed E-state index contributed by atoms with van der Waals surface area (Å²) in [6.07, 6.45) is -3.24. The molecule has 2 aromatic rings. The predicted octanol–water partition coefficient (Wildman–Crippen LogP) is 4.46. The highest BCUT2D eigenvalue weighted by atomic mass is 19.4. The van der Waals surface area contributed by atoms with Gasteiger partial charge in [-0.3, -0.25) is 19.3 Å². The van der Waals surface area contributed by atoms with Crippen LogP contribution in [0.1, 0.15) is 49.8 Å². The number of benzene rings is 2. The van der Waals surface area contributed by atoms with Gasteiger partial charge in [0.05, 0.1) is 45.9 Å². The number of nitrogens with zero attached hydrogens (tertiary/aromatic N) is 3. The van der Waals surface area contributed by atoms with Gasteiger partial charge in [-0.25, -0.2) is 4.90 Å². The zero-order valence-corrected chi connectivity index (χ0v) is 22.7. The molecule has 3 aliphatic rings. The number of likely N-dealkylation sites (tertiary alicyclic amines) is 1. The lowest BCUT2D eigenvalue weighted by molar-refractivity contribution is -0.169. The highest BCUT2D eigenvalue weighted by molar-refractivity contribution is 6.23. The SMILES string of the molecule is CC12CN(CCCCC(=O)OCc3ccccc3)CC(C)(O1)[C@@H]1C(=O)N(c3ccc(C#N)c(C(F)(F)F)c3)C(=O)C12. The summed E-state index contributed by atoms with van der Waals surface area (Å²) in [4.78, 5) is 42.3. The Kier molecular flexibility index (Phi) is 7.42. The zero-order valence-electron chi connectivity index (χ0n) is 22.7. The molecule has 3 unspecified atom stereocenters. The van der Waals surface area contributed by atoms with Crippen LogP contribution in [-0.4, -0.2) is 53.5 Å². The summed E-state index contributed by atoms with van der Waals surface area (Å²) in [6, 6.07) is 13.8. The first-order chi connectivity index (χ1) is 19.4. The Morgan fingerprint density at radius 1 is 1.05 bits per heavy atom. The van der Waals surface area contributed by atoms with Crippen LogP contribution in [0, 0.1) is 23.2 Å². The number of carbonyl (C=O) groups excluding carboxylic acids is 3. The van der Waals surface area contributed by atoms with Crippen LogP contribution in [0.4, 0.5) is 18.9 Å². The Bertz CT molecular complexity index is 1370. The third-order valence-electron chi connectivity index (χ3n) is 8.20. The number of rotatable bonds is 8. The Balaban J connectivity index is 1.23. The molecule has 0 spiro atoms. The van der Waals surface area contributed by atoms with Gasteiger partial charge in [-0.05, 0) is 57.0 Å². The van der Waals surface area contributed by atoms with Crippen molar-refractivity contribution in [3.05, 3.63) is 65.2 Å². The van der Waals surface area contributed by atoms with Gasteiger partial charge in [0.1, 0.15) is 6.61 Å². The molecule has 8 nitrogen and oxygen atoms in total. The lowest BCUT2D eigenvalue weighted by Crippen LogP contribution is -2.58. The Hall–Kier alpha value is -3.75. The third-order valence-corrected chi connectivity index (χ3v) is 8.20. The fraction of sp³-hybridized carbons (Fsp3) is 0.467. The third kappa shape index (κ3) is 5.34. The van der Waals surface area contributed by atoms with E-state index in [0.717, 1.165) is 16.5 Å². The molecule has 41 heavy (non-hydrogen) atoms. The van der Waals surface area contributed by atoms with E-state index in [4.69, 9.17) is 14.7 Å². The first-order valence-electron chi connectivity index (χ1n) is 13.5. The molecular formula is C30H30F3N3O5. The summed E-state index contributed by atoms with van der Waals surface area (Å²) < 4.78 is 52.4. The van der Waals surface area contributed by atoms with E-state index in [1.54, 1.807) is 13.8 Å². The summed E-state index contributed by atoms with van der Waals surface area (Å²) in [6.45, 7) is 5.08. The number of halogens is 3. The number of morpholine rings is 1. The predicted molar refractivity (Wildman–Crippen MR) is 140 cm³/mol. The van der Waals surface area contributed by atoms with Gasteiger partial charge in [-0.1, -0.05) is 30.3 Å². The number of amides is 2. The first-order valence-corrected chi connectivity index (χ1v) is 13.5. The molecule has 2 aromatic carbocycles. The van der Waals surface area contributed by atoms with Gasteiger partial charge in [-0.15, -0.1) is 0 Å². The lowest BCUT2D eigenvalue weighted by atomic mass is 9.79. The molecule has 3 aliphatic heterocycles. The Morgan fingerprint density at radius 2 is 1.68 bits per heavy atom. The quantitative estimate of drug-likeness (QED) is 0.263. The molecule has 4 atom stereocenters. The van der Waals surface area contributed by atoms with E-state index in [0.29, 0.717) is 38.5 Å². The van der Waals surface area contributed by atoms with Crippen LogP contribution in [0.15, 0.2) is 48.5 Å². The number of esters is 1. The maximum absolute atomic E-state index is 13.6. The van der Waals surface area contributed by atoms with Gasteiger partial charge in [0.15, 0.2) is 0 Å². The van der Waals surface area contributed by atoms with Crippen molar-refractivity contribution in [2.75, 3.05) is 24.5 Å². The van der Waals surface area contributed by atoms with Crippen molar-refractivity contribution < 1.29 is 37.0 Å². The summed E-state index contributed by atoms with van der Waals surface area (Å²) >= 11 is 0. The second-order valence-electron chi connectivity index (χ2n) is 11.3. The Labute approximate surface area is 235 Å². The van der Waals surface area contributed by atoms with Crippen molar-refractivity contribution >= 4 is 23.5 Å². The van der Waals surface area contributed by atoms with Crippen LogP contribution < -0.4 is 4.90 Å². The van der Waals surface area contributed by atoms with E-state index < -0.39 is 52.2 Å². The average molecular weight is 570 g/mol. The number of ether oxygens (including phenoxy) is 2. The van der Waals surface area contributed by atoms with Crippen LogP contribution in [0.5, 0.6) is 0 Å². The molecule has 3 saturated heterocycles. The number of nitriles is 1. The molecule has 0 aromatic heterocycles. The molecule has 3 heterocycles. The minimum atomic E-state index is -4.82. The second-order valence-corrected chi connectivity index (χ2v) is 11.3. The molecule has 0 aliphatic carbocycles. The van der Waals surface area contributed by atoms with Crippen molar-refractivity contribution in [1.82, 2.24) is 4.90 Å². The van der Waals surface area contributed by atoms with Crippen LogP contribution in [0.2, 0.25) is 0 Å². The number of anilines is 1. The van der Waals surface area contributed by atoms with Crippen LogP contribution in [0.3, 0.4) is 0 Å². The van der Waals surface area contributed by atoms with Gasteiger partial charge < -0.3 is 9.47 Å². The molecule has 216 valence electrons. The molecule has 0 N–H and O–H groups in total. The smallest absolute Gasteiger partial charge is 0.417 e. The molecule has 5 rings (SSSR count). The monoisotopic (exact) mass is 569 g/mol. The van der Waals surface area contributed by atoms with Crippen molar-refractivity contribution in [3.8, 4) is 6.07 Å². The Morgan fingerprint density at radius 3 is 2.27 bits per heavy atom. The number of imide groups is 1. The average Bonchev–Trinajstić information content (AvgIpc) is 3.29. The maximum atomic E-state index is 13.6. The van der Waals surface area contributed by atoms with E-state index >= 15 is 0 Å². The standard InChI is InChI=1S/C30H30F3N3O5/c1-28-17-35(13-7-6-10-23(37)40-16-19-8-4-3-5-9-19)18-29(2,41-28)25-24(28)26(38)36(27(25)39)21-12-11-20(15-34)22(14-21)30(31,32)33/h3-5,8-9,11-12,14,24-25H,6-7,10,13,16-18H2,1-2H3/t24-,25?,28?,29?/m0/s1. The summed E-state index contributed by atoms with van der Waals surface area (Å²) in [5, 5.41) is 9.10. The van der Waals surface area contributed by atoms with E-state index in [1.165, 1.54) is 12.1 Å². The number of alkyl halides is 3. The van der Waals surface area contributed by atoms with E-state index in [2.05, 4.69) is 4.90 Å². The molecule has 0 saturated carbocycles. The highest BCUT2D eigenvalue weighted by Gasteiger charge is 2.71. The van der Waals surface area contributed by atoms with Crippen molar-refractivity contribution in [1.29, 1.82) is 5.26 Å². The molecular weight excluding hydrogens is 539 g/mol. The molecule has 2 bridgehead atoms. The normalized spacial score (nSPS) is 27.6. The second kappa shape index (κ2) is 10.6. The lowest BCUT2D eigenvalue weighted by Gasteiger charge is -2.45. The summed E-state index contributed by atoms with van der Waals surface area (Å²) in [5.41, 5.74) is -3.11. The topological polar surface area (TPSA) is 99.9 Å². The molecule has 2 amide bonds. The van der Waals surface area contributed by atoms with Crippen LogP contribution in [0.25, 0.3) is 0 Å². The van der Waals surface area contributed by atoms with Crippen molar-refractivity contribution in [2.24, 2.45) is 11.8 Å². The summed E-state index contributed by atoms with van der Waals surface area (Å²) in [5.74, 6) is -3.21. The van der Waals surface area contributed by atoms with Crippen molar-refractivity contribution in [2.45, 2.75) is 57.1 Å². The van der Waals surface area contributed by atoms with Gasteiger partial charge in [0.2, 0.25) is 11.8 Å². The number of unbranched alkanes of at least 4 members (excludes halogenated alkanes) is 1. The highest BCUT2D eigenvalue weighted by Crippen LogP contribution is 2.55. The molecule has 0 radical (unpaired) electrons. The largest absolute Gasteiger partial charge is 0.461 e. The van der Waals surface area contributed by atoms with Crippen LogP contribution >= 0.6 is 0 Å². The van der Waals surface area contributed by atoms with Gasteiger partial charge in [0.25, 0.3) is 0 Å². The molecule has 3 fully saturated rings. The van der Waals surface area contributed by atoms with E-state index in [-0.39, 0.29) is 24.7 Å². The van der Waals surface area contributed by atoms with E-state index in [1.807, 2.05) is 30.3 Å². The summed E-state index contributed by atoms with van der Waals surface area (Å²) in [7, 11) is 0. The van der Waals surface area contributed by atoms with E-state index in [9.17, 15) is 27.6 Å². The number of hydrogen-bond acceptors (Lipinski definition) is 7. The fourth-order valence-corrected chi connectivity index (χ4v) is 6.60. The minimum absolute atomic E-state index is 0.206. The van der Waals surface area contributed by atoms with Gasteiger partial charge in [-0.2, -0.15) is 18.4 Å². The first kappa shape index (κ1) is 28.8. The van der Waals surface area contributed by atoms with Crippen molar-refractivity contribution in [3.63, 3.8) is 0 Å². The number of carbonyl (C=O) groups is 3. The number of hydrogen-bond donors (Lipinski definition) is 0. The molecule has 11 heteroatoms. The zero-order chi connectivity index (χ0) is 29.6. The number of fused-ring (bicyclic) bond motifs is 5. The maximum Gasteiger partial charge on any atom is 0.417 e. The fourth-order valence-electron chi connectivity index (χ4n) is 6.60.